The van der Waals surface area contributed by atoms with Crippen LogP contribution < -0.4 is 5.32 Å². The zero-order chi connectivity index (χ0) is 14.9. The lowest BCUT2D eigenvalue weighted by atomic mass is 9.92. The summed E-state index contributed by atoms with van der Waals surface area (Å²) in [5.41, 5.74) is 2.57. The van der Waals surface area contributed by atoms with Crippen molar-refractivity contribution in [2.45, 2.75) is 33.2 Å². The van der Waals surface area contributed by atoms with E-state index < -0.39 is 0 Å². The third-order valence-electron chi connectivity index (χ3n) is 4.54. The molecule has 0 spiro atoms. The van der Waals surface area contributed by atoms with Crippen molar-refractivity contribution in [2.24, 2.45) is 11.3 Å². The van der Waals surface area contributed by atoms with Crippen LogP contribution in [0.5, 0.6) is 0 Å². The van der Waals surface area contributed by atoms with E-state index in [-0.39, 0.29) is 5.82 Å². The molecule has 0 bridgehead atoms. The Labute approximate surface area is 129 Å². The number of thiazole rings is 1. The lowest BCUT2D eigenvalue weighted by Gasteiger charge is -2.19. The van der Waals surface area contributed by atoms with Crippen molar-refractivity contribution >= 4 is 11.3 Å². The van der Waals surface area contributed by atoms with E-state index in [9.17, 15) is 4.39 Å². The SMILES string of the molecule is CC(C)C1(CNCc2csc(-c3ccc(F)cc3)n2)CC1. The Morgan fingerprint density at radius 3 is 2.62 bits per heavy atom. The van der Waals surface area contributed by atoms with Crippen molar-refractivity contribution in [3.05, 3.63) is 41.2 Å². The maximum absolute atomic E-state index is 12.9. The molecule has 0 aliphatic heterocycles. The largest absolute Gasteiger partial charge is 0.311 e. The normalized spacial score (nSPS) is 16.4. The van der Waals surface area contributed by atoms with Crippen LogP contribution in [0.1, 0.15) is 32.4 Å². The Hall–Kier alpha value is -1.26. The van der Waals surface area contributed by atoms with Crippen molar-refractivity contribution in [1.82, 2.24) is 10.3 Å². The summed E-state index contributed by atoms with van der Waals surface area (Å²) in [5.74, 6) is 0.538. The monoisotopic (exact) mass is 304 g/mol. The number of hydrogen-bond acceptors (Lipinski definition) is 3. The molecule has 0 radical (unpaired) electrons. The van der Waals surface area contributed by atoms with E-state index in [1.54, 1.807) is 23.5 Å². The van der Waals surface area contributed by atoms with E-state index in [0.717, 1.165) is 35.3 Å². The highest BCUT2D eigenvalue weighted by Gasteiger charge is 2.44. The van der Waals surface area contributed by atoms with Gasteiger partial charge in [0.2, 0.25) is 0 Å². The highest BCUT2D eigenvalue weighted by atomic mass is 32.1. The molecule has 0 saturated heterocycles. The Bertz CT molecular complexity index is 600. The minimum Gasteiger partial charge on any atom is -0.311 e. The first-order valence-corrected chi connectivity index (χ1v) is 8.38. The minimum atomic E-state index is -0.208. The summed E-state index contributed by atoms with van der Waals surface area (Å²) in [4.78, 5) is 4.63. The molecule has 1 aliphatic rings. The van der Waals surface area contributed by atoms with E-state index in [1.165, 1.54) is 25.0 Å². The second kappa shape index (κ2) is 5.85. The number of nitrogens with one attached hydrogen (secondary N) is 1. The molecule has 0 unspecified atom stereocenters. The number of halogens is 1. The van der Waals surface area contributed by atoms with Gasteiger partial charge in [0.1, 0.15) is 10.8 Å². The molecule has 1 aromatic heterocycles. The van der Waals surface area contributed by atoms with Gasteiger partial charge >= 0.3 is 0 Å². The van der Waals surface area contributed by atoms with Crippen molar-refractivity contribution in [2.75, 3.05) is 6.54 Å². The molecule has 3 rings (SSSR count). The van der Waals surface area contributed by atoms with Crippen LogP contribution in [0.4, 0.5) is 4.39 Å². The first-order valence-electron chi connectivity index (χ1n) is 7.50. The number of hydrogen-bond donors (Lipinski definition) is 1. The zero-order valence-corrected chi connectivity index (χ0v) is 13.3. The highest BCUT2D eigenvalue weighted by Crippen LogP contribution is 2.51. The fourth-order valence-electron chi connectivity index (χ4n) is 2.67. The van der Waals surface area contributed by atoms with E-state index in [0.29, 0.717) is 5.41 Å². The van der Waals surface area contributed by atoms with Crippen LogP contribution in [-0.2, 0) is 6.54 Å². The molecule has 112 valence electrons. The standard InChI is InChI=1S/C17H21FN2S/c1-12(2)17(7-8-17)11-19-9-15-10-21-16(20-15)13-3-5-14(18)6-4-13/h3-6,10,12,19H,7-9,11H2,1-2H3. The molecule has 1 aliphatic carbocycles. The van der Waals surface area contributed by atoms with Gasteiger partial charge in [0.25, 0.3) is 0 Å². The van der Waals surface area contributed by atoms with Crippen LogP contribution in [0.2, 0.25) is 0 Å². The van der Waals surface area contributed by atoms with E-state index in [4.69, 9.17) is 0 Å². The van der Waals surface area contributed by atoms with Gasteiger partial charge in [-0.1, -0.05) is 13.8 Å². The Morgan fingerprint density at radius 1 is 1.29 bits per heavy atom. The molecular weight excluding hydrogens is 283 g/mol. The van der Waals surface area contributed by atoms with Crippen LogP contribution in [0, 0.1) is 17.2 Å². The summed E-state index contributed by atoms with van der Waals surface area (Å²) < 4.78 is 12.9. The minimum absolute atomic E-state index is 0.208. The first kappa shape index (κ1) is 14.7. The molecular formula is C17H21FN2S. The second-order valence-electron chi connectivity index (χ2n) is 6.27. The Balaban J connectivity index is 1.57. The van der Waals surface area contributed by atoms with Gasteiger partial charge in [-0.2, -0.15) is 0 Å². The van der Waals surface area contributed by atoms with Gasteiger partial charge in [-0.05, 0) is 48.4 Å². The smallest absolute Gasteiger partial charge is 0.123 e. The van der Waals surface area contributed by atoms with Crippen LogP contribution in [0.3, 0.4) is 0 Å². The molecule has 1 heterocycles. The third kappa shape index (κ3) is 3.33. The molecule has 0 amide bonds. The zero-order valence-electron chi connectivity index (χ0n) is 12.5. The Kier molecular flexibility index (Phi) is 4.09. The van der Waals surface area contributed by atoms with Crippen LogP contribution in [-0.4, -0.2) is 11.5 Å². The molecule has 0 atom stereocenters. The predicted octanol–water partition coefficient (Wildman–Crippen LogP) is 4.48. The van der Waals surface area contributed by atoms with E-state index in [2.05, 4.69) is 29.5 Å². The molecule has 1 aromatic carbocycles. The number of rotatable bonds is 6. The quantitative estimate of drug-likeness (QED) is 0.851. The maximum Gasteiger partial charge on any atom is 0.123 e. The van der Waals surface area contributed by atoms with Gasteiger partial charge in [0.05, 0.1) is 5.69 Å². The van der Waals surface area contributed by atoms with Crippen molar-refractivity contribution in [3.63, 3.8) is 0 Å². The lowest BCUT2D eigenvalue weighted by molar-refractivity contribution is 0.337. The van der Waals surface area contributed by atoms with Gasteiger partial charge in [0.15, 0.2) is 0 Å². The van der Waals surface area contributed by atoms with Gasteiger partial charge in [0, 0.05) is 24.0 Å². The summed E-state index contributed by atoms with van der Waals surface area (Å²) in [6.45, 7) is 6.51. The third-order valence-corrected chi connectivity index (χ3v) is 5.48. The number of nitrogens with zero attached hydrogens (tertiary/aromatic N) is 1. The van der Waals surface area contributed by atoms with E-state index in [1.807, 2.05) is 0 Å². The molecule has 1 saturated carbocycles. The number of aromatic nitrogens is 1. The fraction of sp³-hybridized carbons (Fsp3) is 0.471. The summed E-state index contributed by atoms with van der Waals surface area (Å²) in [5, 5.41) is 6.58. The van der Waals surface area contributed by atoms with Gasteiger partial charge in [-0.3, -0.25) is 0 Å². The molecule has 2 nitrogen and oxygen atoms in total. The van der Waals surface area contributed by atoms with Crippen LogP contribution in [0.25, 0.3) is 10.6 Å². The average molecular weight is 304 g/mol. The number of benzene rings is 1. The van der Waals surface area contributed by atoms with Crippen LogP contribution in [0.15, 0.2) is 29.6 Å². The highest BCUT2D eigenvalue weighted by molar-refractivity contribution is 7.13. The molecule has 21 heavy (non-hydrogen) atoms. The second-order valence-corrected chi connectivity index (χ2v) is 7.13. The fourth-order valence-corrected chi connectivity index (χ4v) is 3.50. The summed E-state index contributed by atoms with van der Waals surface area (Å²) >= 11 is 1.61. The topological polar surface area (TPSA) is 24.9 Å². The van der Waals surface area contributed by atoms with E-state index >= 15 is 0 Å². The van der Waals surface area contributed by atoms with Gasteiger partial charge in [-0.25, -0.2) is 9.37 Å². The van der Waals surface area contributed by atoms with Crippen molar-refractivity contribution < 1.29 is 4.39 Å². The maximum atomic E-state index is 12.9. The molecule has 1 N–H and O–H groups in total. The average Bonchev–Trinajstić information content (AvgIpc) is 3.11. The predicted molar refractivity (Wildman–Crippen MR) is 85.7 cm³/mol. The summed E-state index contributed by atoms with van der Waals surface area (Å²) in [6.07, 6.45) is 2.69. The molecule has 1 fully saturated rings. The molecule has 2 aromatic rings. The molecule has 4 heteroatoms. The van der Waals surface area contributed by atoms with Gasteiger partial charge < -0.3 is 5.32 Å². The van der Waals surface area contributed by atoms with Crippen molar-refractivity contribution in [1.29, 1.82) is 0 Å². The van der Waals surface area contributed by atoms with Gasteiger partial charge in [-0.15, -0.1) is 11.3 Å². The summed E-state index contributed by atoms with van der Waals surface area (Å²) in [6, 6.07) is 6.52. The van der Waals surface area contributed by atoms with Crippen molar-refractivity contribution in [3.8, 4) is 10.6 Å². The summed E-state index contributed by atoms with van der Waals surface area (Å²) in [7, 11) is 0. The first-order chi connectivity index (χ1) is 10.1. The lowest BCUT2D eigenvalue weighted by Crippen LogP contribution is -2.27. The van der Waals surface area contributed by atoms with Crippen LogP contribution >= 0.6 is 11.3 Å². The Morgan fingerprint density at radius 2 is 2.00 bits per heavy atom.